The zero-order valence-corrected chi connectivity index (χ0v) is 9.23. The fourth-order valence-corrected chi connectivity index (χ4v) is 1.39. The maximum Gasteiger partial charge on any atom is 0.216 e. The average molecular weight is 210 g/mol. The van der Waals surface area contributed by atoms with Crippen molar-refractivity contribution in [3.05, 3.63) is 18.2 Å². The van der Waals surface area contributed by atoms with Gasteiger partial charge in [-0.25, -0.2) is 4.98 Å². The summed E-state index contributed by atoms with van der Waals surface area (Å²) in [6.45, 7) is 4.86. The van der Waals surface area contributed by atoms with Crippen molar-refractivity contribution in [2.24, 2.45) is 5.73 Å². The molecule has 1 atom stereocenters. The Morgan fingerprint density at radius 2 is 2.47 bits per heavy atom. The van der Waals surface area contributed by atoms with E-state index in [1.54, 1.807) is 12.5 Å². The Hall–Kier alpha value is -1.36. The molecule has 0 spiro atoms. The van der Waals surface area contributed by atoms with Gasteiger partial charge in [0, 0.05) is 32.3 Å². The highest BCUT2D eigenvalue weighted by Gasteiger charge is 2.08. The third kappa shape index (κ3) is 3.36. The van der Waals surface area contributed by atoms with Gasteiger partial charge in [-0.05, 0) is 6.42 Å². The van der Waals surface area contributed by atoms with Crippen LogP contribution in [0.15, 0.2) is 12.5 Å². The van der Waals surface area contributed by atoms with Crippen LogP contribution in [0, 0.1) is 0 Å². The lowest BCUT2D eigenvalue weighted by molar-refractivity contribution is -0.118. The van der Waals surface area contributed by atoms with Crippen LogP contribution in [0.1, 0.15) is 32.0 Å². The fraction of sp³-hybridized carbons (Fsp3) is 0.600. The van der Waals surface area contributed by atoms with Crippen molar-refractivity contribution in [1.82, 2.24) is 14.9 Å². The standard InChI is InChI=1S/C10H18N4O/c1-3-9(11)10-6-12-7-14(10)5-4-13-8(2)15/h6-7,9H,3-5,11H2,1-2H3,(H,13,15)/t9-/m1/s1. The van der Waals surface area contributed by atoms with Crippen molar-refractivity contribution in [1.29, 1.82) is 0 Å². The van der Waals surface area contributed by atoms with Crippen molar-refractivity contribution in [2.45, 2.75) is 32.9 Å². The van der Waals surface area contributed by atoms with Crippen LogP contribution in [0.25, 0.3) is 0 Å². The van der Waals surface area contributed by atoms with Crippen LogP contribution in [0.5, 0.6) is 0 Å². The second-order valence-electron chi connectivity index (χ2n) is 3.51. The summed E-state index contributed by atoms with van der Waals surface area (Å²) in [4.78, 5) is 14.7. The predicted molar refractivity (Wildman–Crippen MR) is 58.1 cm³/mol. The van der Waals surface area contributed by atoms with Gasteiger partial charge in [-0.3, -0.25) is 4.79 Å². The van der Waals surface area contributed by atoms with E-state index in [0.29, 0.717) is 13.1 Å². The van der Waals surface area contributed by atoms with E-state index < -0.39 is 0 Å². The zero-order chi connectivity index (χ0) is 11.3. The van der Waals surface area contributed by atoms with Crippen molar-refractivity contribution >= 4 is 5.91 Å². The molecule has 0 aliphatic carbocycles. The lowest BCUT2D eigenvalue weighted by atomic mass is 10.2. The van der Waals surface area contributed by atoms with Crippen LogP contribution < -0.4 is 11.1 Å². The molecule has 1 rings (SSSR count). The van der Waals surface area contributed by atoms with Crippen molar-refractivity contribution in [2.75, 3.05) is 6.54 Å². The van der Waals surface area contributed by atoms with Crippen LogP contribution in [-0.4, -0.2) is 22.0 Å². The lowest BCUT2D eigenvalue weighted by Gasteiger charge is -2.12. The van der Waals surface area contributed by atoms with Gasteiger partial charge < -0.3 is 15.6 Å². The molecule has 0 bridgehead atoms. The van der Waals surface area contributed by atoms with E-state index in [9.17, 15) is 4.79 Å². The molecule has 0 radical (unpaired) electrons. The molecular weight excluding hydrogens is 192 g/mol. The first-order valence-electron chi connectivity index (χ1n) is 5.15. The molecule has 1 amide bonds. The van der Waals surface area contributed by atoms with Crippen molar-refractivity contribution in [3.8, 4) is 0 Å². The quantitative estimate of drug-likeness (QED) is 0.740. The van der Waals surface area contributed by atoms with E-state index in [1.165, 1.54) is 6.92 Å². The average Bonchev–Trinajstić information content (AvgIpc) is 2.64. The molecule has 1 aromatic heterocycles. The Bertz CT molecular complexity index is 321. The summed E-state index contributed by atoms with van der Waals surface area (Å²) >= 11 is 0. The maximum atomic E-state index is 10.7. The van der Waals surface area contributed by atoms with Crippen molar-refractivity contribution in [3.63, 3.8) is 0 Å². The molecule has 84 valence electrons. The van der Waals surface area contributed by atoms with Gasteiger partial charge in [0.2, 0.25) is 5.91 Å². The van der Waals surface area contributed by atoms with Gasteiger partial charge in [-0.15, -0.1) is 0 Å². The Morgan fingerprint density at radius 1 is 1.73 bits per heavy atom. The third-order valence-corrected chi connectivity index (χ3v) is 2.29. The number of nitrogens with zero attached hydrogens (tertiary/aromatic N) is 2. The molecule has 1 aromatic rings. The molecule has 0 aromatic carbocycles. The molecule has 0 aliphatic heterocycles. The van der Waals surface area contributed by atoms with Gasteiger partial charge in [-0.1, -0.05) is 6.92 Å². The number of rotatable bonds is 5. The zero-order valence-electron chi connectivity index (χ0n) is 9.23. The molecule has 5 heteroatoms. The van der Waals surface area contributed by atoms with E-state index in [-0.39, 0.29) is 11.9 Å². The molecule has 0 saturated carbocycles. The Kier molecular flexibility index (Phi) is 4.30. The summed E-state index contributed by atoms with van der Waals surface area (Å²) in [6, 6.07) is 0.0184. The molecule has 15 heavy (non-hydrogen) atoms. The summed E-state index contributed by atoms with van der Waals surface area (Å²) in [6.07, 6.45) is 4.40. The second kappa shape index (κ2) is 5.50. The monoisotopic (exact) mass is 210 g/mol. The minimum absolute atomic E-state index is 0.0172. The van der Waals surface area contributed by atoms with Gasteiger partial charge in [0.15, 0.2) is 0 Å². The number of hydrogen-bond donors (Lipinski definition) is 2. The molecule has 0 saturated heterocycles. The van der Waals surface area contributed by atoms with Gasteiger partial charge in [-0.2, -0.15) is 0 Å². The number of nitrogens with two attached hydrogens (primary N) is 1. The molecule has 3 N–H and O–H groups in total. The molecular formula is C10H18N4O. The van der Waals surface area contributed by atoms with E-state index in [0.717, 1.165) is 12.1 Å². The largest absolute Gasteiger partial charge is 0.355 e. The summed E-state index contributed by atoms with van der Waals surface area (Å²) in [5.74, 6) is -0.0172. The molecule has 0 fully saturated rings. The van der Waals surface area contributed by atoms with Crippen LogP contribution in [0.3, 0.4) is 0 Å². The Morgan fingerprint density at radius 3 is 3.07 bits per heavy atom. The molecule has 0 unspecified atom stereocenters. The normalized spacial score (nSPS) is 12.5. The second-order valence-corrected chi connectivity index (χ2v) is 3.51. The predicted octanol–water partition coefficient (Wildman–Crippen LogP) is 0.429. The lowest BCUT2D eigenvalue weighted by Crippen LogP contribution is -2.25. The van der Waals surface area contributed by atoms with Crippen LogP contribution in [0.4, 0.5) is 0 Å². The Labute approximate surface area is 89.7 Å². The Balaban J connectivity index is 2.53. The first-order valence-corrected chi connectivity index (χ1v) is 5.15. The van der Waals surface area contributed by atoms with Gasteiger partial charge in [0.25, 0.3) is 0 Å². The highest BCUT2D eigenvalue weighted by molar-refractivity contribution is 5.72. The molecule has 0 aliphatic rings. The number of hydrogen-bond acceptors (Lipinski definition) is 3. The van der Waals surface area contributed by atoms with Crippen LogP contribution in [0.2, 0.25) is 0 Å². The third-order valence-electron chi connectivity index (χ3n) is 2.29. The number of aromatic nitrogens is 2. The van der Waals surface area contributed by atoms with Gasteiger partial charge >= 0.3 is 0 Å². The SMILES string of the molecule is CC[C@@H](N)c1cncn1CCNC(C)=O. The number of imidazole rings is 1. The molecule has 5 nitrogen and oxygen atoms in total. The van der Waals surface area contributed by atoms with E-state index in [2.05, 4.69) is 10.3 Å². The summed E-state index contributed by atoms with van der Waals surface area (Å²) in [7, 11) is 0. The summed E-state index contributed by atoms with van der Waals surface area (Å²) < 4.78 is 1.98. The van der Waals surface area contributed by atoms with E-state index in [4.69, 9.17) is 5.73 Å². The van der Waals surface area contributed by atoms with E-state index >= 15 is 0 Å². The minimum Gasteiger partial charge on any atom is -0.355 e. The van der Waals surface area contributed by atoms with Crippen LogP contribution in [-0.2, 0) is 11.3 Å². The summed E-state index contributed by atoms with van der Waals surface area (Å²) in [5, 5.41) is 2.74. The van der Waals surface area contributed by atoms with Gasteiger partial charge in [0.1, 0.15) is 0 Å². The van der Waals surface area contributed by atoms with Crippen LogP contribution >= 0.6 is 0 Å². The highest BCUT2D eigenvalue weighted by Crippen LogP contribution is 2.12. The highest BCUT2D eigenvalue weighted by atomic mass is 16.1. The first kappa shape index (κ1) is 11.7. The molecule has 1 heterocycles. The van der Waals surface area contributed by atoms with Crippen molar-refractivity contribution < 1.29 is 4.79 Å². The summed E-state index contributed by atoms with van der Waals surface area (Å²) in [5.41, 5.74) is 6.94. The smallest absolute Gasteiger partial charge is 0.216 e. The minimum atomic E-state index is -0.0172. The fourth-order valence-electron chi connectivity index (χ4n) is 1.39. The number of carbonyl (C=O) groups excluding carboxylic acids is 1. The van der Waals surface area contributed by atoms with Gasteiger partial charge in [0.05, 0.1) is 12.0 Å². The number of amides is 1. The maximum absolute atomic E-state index is 10.7. The van der Waals surface area contributed by atoms with E-state index in [1.807, 2.05) is 11.5 Å². The number of nitrogens with one attached hydrogen (secondary N) is 1. The first-order chi connectivity index (χ1) is 7.15. The topological polar surface area (TPSA) is 72.9 Å². The number of carbonyl (C=O) groups is 1.